The lowest BCUT2D eigenvalue weighted by Crippen LogP contribution is -2.12. The SMILES string of the molecule is COc1cccc(-n2ccc(C(C)C)n2)c1[C@H](C)N. The van der Waals surface area contributed by atoms with E-state index < -0.39 is 0 Å². The van der Waals surface area contributed by atoms with Gasteiger partial charge in [0.2, 0.25) is 0 Å². The Labute approximate surface area is 114 Å². The number of hydrogen-bond acceptors (Lipinski definition) is 3. The van der Waals surface area contributed by atoms with Crippen LogP contribution in [0, 0.1) is 0 Å². The van der Waals surface area contributed by atoms with Crippen LogP contribution in [-0.4, -0.2) is 16.9 Å². The van der Waals surface area contributed by atoms with E-state index in [1.165, 1.54) is 0 Å². The molecule has 1 heterocycles. The molecule has 1 aromatic carbocycles. The number of nitrogens with zero attached hydrogens (tertiary/aromatic N) is 2. The first kappa shape index (κ1) is 13.6. The monoisotopic (exact) mass is 259 g/mol. The van der Waals surface area contributed by atoms with Crippen LogP contribution in [-0.2, 0) is 0 Å². The van der Waals surface area contributed by atoms with Crippen molar-refractivity contribution in [2.45, 2.75) is 32.7 Å². The van der Waals surface area contributed by atoms with E-state index in [9.17, 15) is 0 Å². The minimum atomic E-state index is -0.113. The van der Waals surface area contributed by atoms with E-state index in [0.29, 0.717) is 5.92 Å². The molecule has 0 radical (unpaired) electrons. The summed E-state index contributed by atoms with van der Waals surface area (Å²) in [7, 11) is 1.66. The fourth-order valence-electron chi connectivity index (χ4n) is 2.15. The van der Waals surface area contributed by atoms with Crippen molar-refractivity contribution in [1.29, 1.82) is 0 Å². The average molecular weight is 259 g/mol. The van der Waals surface area contributed by atoms with E-state index >= 15 is 0 Å². The lowest BCUT2D eigenvalue weighted by molar-refractivity contribution is 0.406. The van der Waals surface area contributed by atoms with Crippen molar-refractivity contribution in [3.05, 3.63) is 41.7 Å². The average Bonchev–Trinajstić information content (AvgIpc) is 2.87. The number of hydrogen-bond donors (Lipinski definition) is 1. The maximum Gasteiger partial charge on any atom is 0.125 e. The smallest absolute Gasteiger partial charge is 0.125 e. The van der Waals surface area contributed by atoms with Gasteiger partial charge < -0.3 is 10.5 Å². The molecule has 4 nitrogen and oxygen atoms in total. The minimum Gasteiger partial charge on any atom is -0.496 e. The molecule has 0 spiro atoms. The first-order chi connectivity index (χ1) is 9.04. The Morgan fingerprint density at radius 3 is 2.47 bits per heavy atom. The van der Waals surface area contributed by atoms with Crippen molar-refractivity contribution in [3.8, 4) is 11.4 Å². The van der Waals surface area contributed by atoms with Gasteiger partial charge in [0.1, 0.15) is 5.75 Å². The molecule has 0 fully saturated rings. The van der Waals surface area contributed by atoms with Crippen molar-refractivity contribution in [2.24, 2.45) is 5.73 Å². The highest BCUT2D eigenvalue weighted by molar-refractivity contribution is 5.51. The summed E-state index contributed by atoms with van der Waals surface area (Å²) in [6.07, 6.45) is 1.97. The normalized spacial score (nSPS) is 12.7. The van der Waals surface area contributed by atoms with Gasteiger partial charge in [0.25, 0.3) is 0 Å². The third kappa shape index (κ3) is 2.63. The predicted octanol–water partition coefficient (Wildman–Crippen LogP) is 3.02. The van der Waals surface area contributed by atoms with Crippen molar-refractivity contribution in [2.75, 3.05) is 7.11 Å². The predicted molar refractivity (Wildman–Crippen MR) is 76.8 cm³/mol. The van der Waals surface area contributed by atoms with Crippen LogP contribution in [0.25, 0.3) is 5.69 Å². The topological polar surface area (TPSA) is 53.1 Å². The summed E-state index contributed by atoms with van der Waals surface area (Å²) >= 11 is 0. The third-order valence-corrected chi connectivity index (χ3v) is 3.17. The number of benzene rings is 1. The second-order valence-electron chi connectivity index (χ2n) is 5.02. The van der Waals surface area contributed by atoms with Crippen molar-refractivity contribution in [3.63, 3.8) is 0 Å². The first-order valence-electron chi connectivity index (χ1n) is 6.53. The summed E-state index contributed by atoms with van der Waals surface area (Å²) in [5.74, 6) is 1.21. The molecular weight excluding hydrogens is 238 g/mol. The molecule has 2 N–H and O–H groups in total. The van der Waals surface area contributed by atoms with E-state index in [-0.39, 0.29) is 6.04 Å². The van der Waals surface area contributed by atoms with Gasteiger partial charge in [-0.15, -0.1) is 0 Å². The molecule has 0 saturated heterocycles. The lowest BCUT2D eigenvalue weighted by Gasteiger charge is -2.16. The van der Waals surface area contributed by atoms with Crippen molar-refractivity contribution >= 4 is 0 Å². The van der Waals surface area contributed by atoms with Crippen LogP contribution >= 0.6 is 0 Å². The van der Waals surface area contributed by atoms with Crippen LogP contribution in [0.15, 0.2) is 30.5 Å². The largest absolute Gasteiger partial charge is 0.496 e. The van der Waals surface area contributed by atoms with E-state index in [1.807, 2.05) is 42.1 Å². The van der Waals surface area contributed by atoms with E-state index in [0.717, 1.165) is 22.7 Å². The van der Waals surface area contributed by atoms with Crippen molar-refractivity contribution < 1.29 is 4.74 Å². The van der Waals surface area contributed by atoms with E-state index in [4.69, 9.17) is 10.5 Å². The summed E-state index contributed by atoms with van der Waals surface area (Å²) in [4.78, 5) is 0. The molecule has 0 aliphatic rings. The highest BCUT2D eigenvalue weighted by Crippen LogP contribution is 2.30. The van der Waals surface area contributed by atoms with E-state index in [2.05, 4.69) is 18.9 Å². The Balaban J connectivity index is 2.54. The fraction of sp³-hybridized carbons (Fsp3) is 0.400. The zero-order valence-electron chi connectivity index (χ0n) is 11.9. The summed E-state index contributed by atoms with van der Waals surface area (Å²) < 4.78 is 7.27. The van der Waals surface area contributed by atoms with Gasteiger partial charge in [-0.25, -0.2) is 4.68 Å². The Kier molecular flexibility index (Phi) is 3.90. The summed E-state index contributed by atoms with van der Waals surface area (Å²) in [6, 6.07) is 7.82. The molecule has 19 heavy (non-hydrogen) atoms. The highest BCUT2D eigenvalue weighted by Gasteiger charge is 2.15. The minimum absolute atomic E-state index is 0.113. The highest BCUT2D eigenvalue weighted by atomic mass is 16.5. The molecule has 2 rings (SSSR count). The zero-order chi connectivity index (χ0) is 14.0. The first-order valence-corrected chi connectivity index (χ1v) is 6.53. The van der Waals surface area contributed by atoms with Gasteiger partial charge in [0.15, 0.2) is 0 Å². The second-order valence-corrected chi connectivity index (χ2v) is 5.02. The summed E-state index contributed by atoms with van der Waals surface area (Å²) in [5, 5.41) is 4.60. The molecule has 0 bridgehead atoms. The molecule has 0 aliphatic heterocycles. The van der Waals surface area contributed by atoms with Crippen LogP contribution in [0.1, 0.15) is 44.0 Å². The molecule has 1 aromatic heterocycles. The number of ether oxygens (including phenoxy) is 1. The zero-order valence-corrected chi connectivity index (χ0v) is 11.9. The van der Waals surface area contributed by atoms with Gasteiger partial charge in [-0.3, -0.25) is 0 Å². The van der Waals surface area contributed by atoms with Gasteiger partial charge in [-0.05, 0) is 31.0 Å². The van der Waals surface area contributed by atoms with Crippen molar-refractivity contribution in [1.82, 2.24) is 9.78 Å². The van der Waals surface area contributed by atoms with Crippen LogP contribution in [0.3, 0.4) is 0 Å². The molecule has 0 unspecified atom stereocenters. The molecule has 0 aliphatic carbocycles. The molecule has 0 amide bonds. The molecule has 4 heteroatoms. The summed E-state index contributed by atoms with van der Waals surface area (Å²) in [6.45, 7) is 6.21. The second kappa shape index (κ2) is 5.45. The Morgan fingerprint density at radius 1 is 1.21 bits per heavy atom. The van der Waals surface area contributed by atoms with Crippen LogP contribution in [0.2, 0.25) is 0 Å². The quantitative estimate of drug-likeness (QED) is 0.918. The molecule has 2 aromatic rings. The number of methoxy groups -OCH3 is 1. The fourth-order valence-corrected chi connectivity index (χ4v) is 2.15. The Bertz CT molecular complexity index is 558. The van der Waals surface area contributed by atoms with Gasteiger partial charge in [0, 0.05) is 17.8 Å². The Hall–Kier alpha value is -1.81. The van der Waals surface area contributed by atoms with Crippen LogP contribution < -0.4 is 10.5 Å². The van der Waals surface area contributed by atoms with Gasteiger partial charge in [-0.2, -0.15) is 5.10 Å². The van der Waals surface area contributed by atoms with Gasteiger partial charge in [0.05, 0.1) is 18.5 Å². The lowest BCUT2D eigenvalue weighted by atomic mass is 10.1. The van der Waals surface area contributed by atoms with Gasteiger partial charge >= 0.3 is 0 Å². The molecule has 0 saturated carbocycles. The number of aromatic nitrogens is 2. The maximum atomic E-state index is 6.07. The van der Waals surface area contributed by atoms with Crippen LogP contribution in [0.4, 0.5) is 0 Å². The van der Waals surface area contributed by atoms with Gasteiger partial charge in [-0.1, -0.05) is 19.9 Å². The third-order valence-electron chi connectivity index (χ3n) is 3.17. The van der Waals surface area contributed by atoms with Crippen LogP contribution in [0.5, 0.6) is 5.75 Å². The number of rotatable bonds is 4. The molecule has 102 valence electrons. The Morgan fingerprint density at radius 2 is 1.95 bits per heavy atom. The maximum absolute atomic E-state index is 6.07. The molecular formula is C15H21N3O. The molecule has 1 atom stereocenters. The summed E-state index contributed by atoms with van der Waals surface area (Å²) in [5.41, 5.74) is 9.09. The van der Waals surface area contributed by atoms with E-state index in [1.54, 1.807) is 7.11 Å². The number of nitrogens with two attached hydrogens (primary N) is 1. The standard InChI is InChI=1S/C15H21N3O/c1-10(2)12-8-9-18(17-12)13-6-5-7-14(19-4)15(13)11(3)16/h5-11H,16H2,1-4H3/t11-/m0/s1.